The molecule has 2 aromatic carbocycles. The maximum atomic E-state index is 10.4. The number of hydrogen-bond acceptors (Lipinski definition) is 3. The Morgan fingerprint density at radius 1 is 0.778 bits per heavy atom. The summed E-state index contributed by atoms with van der Waals surface area (Å²) in [6.07, 6.45) is 5.80. The van der Waals surface area contributed by atoms with Crippen LogP contribution in [0.15, 0.2) is 50.3 Å². The van der Waals surface area contributed by atoms with Crippen molar-refractivity contribution in [2.24, 2.45) is 10.9 Å². The average Bonchev–Trinajstić information content (AvgIpc) is 3.11. The number of phenols is 2. The van der Waals surface area contributed by atoms with Crippen LogP contribution < -0.4 is 5.32 Å². The van der Waals surface area contributed by atoms with E-state index < -0.39 is 0 Å². The van der Waals surface area contributed by atoms with E-state index in [2.05, 4.69) is 31.9 Å². The Morgan fingerprint density at radius 3 is 1.93 bits per heavy atom. The first-order valence-corrected chi connectivity index (χ1v) is 10.6. The lowest BCUT2D eigenvalue weighted by molar-refractivity contribution is 0.435. The number of hydrogen-bond donors (Lipinski definition) is 2. The van der Waals surface area contributed by atoms with Crippen LogP contribution in [0, 0.1) is 5.92 Å². The molecule has 0 unspecified atom stereocenters. The van der Waals surface area contributed by atoms with E-state index in [9.17, 15) is 10.2 Å². The number of aromatic hydroxyl groups is 2. The van der Waals surface area contributed by atoms with Crippen molar-refractivity contribution in [2.45, 2.75) is 32.1 Å². The highest BCUT2D eigenvalue weighted by molar-refractivity contribution is 9.10. The summed E-state index contributed by atoms with van der Waals surface area (Å²) in [7, 11) is 0. The molecule has 4 nitrogen and oxygen atoms in total. The second kappa shape index (κ2) is 7.68. The van der Waals surface area contributed by atoms with E-state index in [4.69, 9.17) is 10.3 Å². The minimum absolute atomic E-state index is 0.143. The maximum absolute atomic E-state index is 10.4. The van der Waals surface area contributed by atoms with Gasteiger partial charge in [0.05, 0.1) is 0 Å². The second-order valence-corrected chi connectivity index (χ2v) is 8.77. The molecule has 27 heavy (non-hydrogen) atoms. The van der Waals surface area contributed by atoms with Crippen molar-refractivity contribution in [3.05, 3.63) is 56.5 Å². The highest BCUT2D eigenvalue weighted by Gasteiger charge is 2.30. The van der Waals surface area contributed by atoms with Gasteiger partial charge in [-0.15, -0.1) is 0 Å². The monoisotopic (exact) mass is 489 g/mol. The zero-order valence-electron chi connectivity index (χ0n) is 14.6. The molecular formula is C21H19Br2N2O2. The third kappa shape index (κ3) is 3.78. The normalized spacial score (nSPS) is 17.8. The number of rotatable bonds is 3. The third-order valence-corrected chi connectivity index (χ3v) is 6.06. The summed E-state index contributed by atoms with van der Waals surface area (Å²) in [4.78, 5) is 4.83. The van der Waals surface area contributed by atoms with Gasteiger partial charge in [0.25, 0.3) is 0 Å². The van der Waals surface area contributed by atoms with Crippen LogP contribution in [0.1, 0.15) is 43.2 Å². The molecule has 139 valence electrons. The molecular weight excluding hydrogens is 472 g/mol. The molecule has 1 heterocycles. The largest absolute Gasteiger partial charge is 0.507 e. The van der Waals surface area contributed by atoms with Crippen LogP contribution in [-0.4, -0.2) is 16.0 Å². The van der Waals surface area contributed by atoms with Gasteiger partial charge in [0.2, 0.25) is 0 Å². The fraction of sp³-hybridized carbons (Fsp3) is 0.286. The standard InChI is InChI=1S/C21H19Br2N2O2/c22-13-6-8-17(26)15(10-13)19-20(16-11-14(23)7-9-18(16)27)25-21(24-19)12-4-2-1-3-5-12/h6-12,26-27H,1-5H2. The summed E-state index contributed by atoms with van der Waals surface area (Å²) in [6.45, 7) is 0. The topological polar surface area (TPSA) is 66.9 Å². The molecule has 6 heteroatoms. The Morgan fingerprint density at radius 2 is 1.33 bits per heavy atom. The molecule has 1 radical (unpaired) electrons. The molecule has 2 aliphatic rings. The van der Waals surface area contributed by atoms with Crippen molar-refractivity contribution < 1.29 is 10.2 Å². The van der Waals surface area contributed by atoms with Gasteiger partial charge >= 0.3 is 0 Å². The lowest BCUT2D eigenvalue weighted by Gasteiger charge is -2.21. The van der Waals surface area contributed by atoms with Crippen molar-refractivity contribution in [2.75, 3.05) is 0 Å². The zero-order chi connectivity index (χ0) is 19.0. The number of amidine groups is 1. The van der Waals surface area contributed by atoms with E-state index in [1.165, 1.54) is 19.3 Å². The van der Waals surface area contributed by atoms with Crippen LogP contribution in [0.5, 0.6) is 11.5 Å². The van der Waals surface area contributed by atoms with E-state index >= 15 is 0 Å². The van der Waals surface area contributed by atoms with Crippen molar-refractivity contribution in [1.82, 2.24) is 5.32 Å². The third-order valence-electron chi connectivity index (χ3n) is 5.07. The molecule has 4 rings (SSSR count). The Balaban J connectivity index is 1.84. The van der Waals surface area contributed by atoms with Crippen LogP contribution in [0.2, 0.25) is 0 Å². The minimum atomic E-state index is 0.143. The van der Waals surface area contributed by atoms with Gasteiger partial charge < -0.3 is 10.2 Å². The molecule has 0 spiro atoms. The van der Waals surface area contributed by atoms with Crippen LogP contribution in [-0.2, 0) is 0 Å². The van der Waals surface area contributed by atoms with E-state index in [1.807, 2.05) is 12.1 Å². The first-order valence-electron chi connectivity index (χ1n) is 9.05. The van der Waals surface area contributed by atoms with Gasteiger partial charge in [0.1, 0.15) is 28.7 Å². The number of aliphatic imine (C=N–C) groups is 1. The average molecular weight is 491 g/mol. The van der Waals surface area contributed by atoms with Crippen LogP contribution >= 0.6 is 31.9 Å². The molecule has 1 saturated carbocycles. The Hall–Kier alpha value is -1.79. The number of phenolic OH excluding ortho intramolecular Hbond substituents is 2. The molecule has 0 bridgehead atoms. The summed E-state index contributed by atoms with van der Waals surface area (Å²) in [5, 5.41) is 25.7. The lowest BCUT2D eigenvalue weighted by Crippen LogP contribution is -2.23. The van der Waals surface area contributed by atoms with Crippen molar-refractivity contribution in [1.29, 1.82) is 0 Å². The van der Waals surface area contributed by atoms with Gasteiger partial charge in [-0.25, -0.2) is 10.3 Å². The van der Waals surface area contributed by atoms with Crippen LogP contribution in [0.3, 0.4) is 0 Å². The van der Waals surface area contributed by atoms with Gasteiger partial charge in [-0.3, -0.25) is 0 Å². The van der Waals surface area contributed by atoms with E-state index in [-0.39, 0.29) is 11.5 Å². The Kier molecular flexibility index (Phi) is 5.28. The molecule has 1 fully saturated rings. The van der Waals surface area contributed by atoms with Crippen molar-refractivity contribution in [3.63, 3.8) is 0 Å². The molecule has 0 saturated heterocycles. The summed E-state index contributed by atoms with van der Waals surface area (Å²) in [5.41, 5.74) is 2.41. The zero-order valence-corrected chi connectivity index (χ0v) is 17.8. The summed E-state index contributed by atoms with van der Waals surface area (Å²) in [6, 6.07) is 10.5. The summed E-state index contributed by atoms with van der Waals surface area (Å²) < 4.78 is 1.70. The van der Waals surface area contributed by atoms with Gasteiger partial charge in [-0.05, 0) is 49.2 Å². The number of halogens is 2. The van der Waals surface area contributed by atoms with Gasteiger partial charge in [0, 0.05) is 26.0 Å². The number of benzene rings is 2. The predicted octanol–water partition coefficient (Wildman–Crippen LogP) is 6.05. The first-order chi connectivity index (χ1) is 13.0. The molecule has 0 aromatic heterocycles. The van der Waals surface area contributed by atoms with Crippen molar-refractivity contribution in [3.8, 4) is 11.5 Å². The second-order valence-electron chi connectivity index (χ2n) is 6.94. The Bertz CT molecular complexity index is 947. The van der Waals surface area contributed by atoms with Crippen molar-refractivity contribution >= 4 is 49.1 Å². The smallest absolute Gasteiger partial charge is 0.132 e. The quantitative estimate of drug-likeness (QED) is 0.550. The maximum Gasteiger partial charge on any atom is 0.132 e. The number of nitrogens with zero attached hydrogens (tertiary/aromatic N) is 2. The summed E-state index contributed by atoms with van der Waals surface area (Å²) >= 11 is 6.94. The molecule has 1 aliphatic carbocycles. The molecule has 0 atom stereocenters. The van der Waals surface area contributed by atoms with Gasteiger partial charge in [0.15, 0.2) is 0 Å². The fourth-order valence-corrected chi connectivity index (χ4v) is 4.40. The van der Waals surface area contributed by atoms with E-state index in [0.717, 1.165) is 27.6 Å². The fourth-order valence-electron chi connectivity index (χ4n) is 3.67. The minimum Gasteiger partial charge on any atom is -0.507 e. The highest BCUT2D eigenvalue weighted by atomic mass is 79.9. The molecule has 1 aliphatic heterocycles. The molecule has 2 N–H and O–H groups in total. The van der Waals surface area contributed by atoms with E-state index in [1.54, 1.807) is 24.3 Å². The summed E-state index contributed by atoms with van der Waals surface area (Å²) in [5.74, 6) is 1.42. The predicted molar refractivity (Wildman–Crippen MR) is 115 cm³/mol. The molecule has 2 aromatic rings. The highest BCUT2D eigenvalue weighted by Crippen LogP contribution is 2.41. The lowest BCUT2D eigenvalue weighted by atomic mass is 9.88. The molecule has 0 amide bonds. The van der Waals surface area contributed by atoms with Gasteiger partial charge in [-0.1, -0.05) is 51.1 Å². The first kappa shape index (κ1) is 18.6. The SMILES string of the molecule is Oc1ccc(Br)cc1C1=C(c2cc(Br)ccc2O)N=C(C2CCCCC2)[N]1. The van der Waals surface area contributed by atoms with E-state index in [0.29, 0.717) is 28.4 Å². The van der Waals surface area contributed by atoms with Crippen LogP contribution in [0.25, 0.3) is 11.4 Å². The Labute approximate surface area is 175 Å². The van der Waals surface area contributed by atoms with Gasteiger partial charge in [-0.2, -0.15) is 0 Å². The van der Waals surface area contributed by atoms with Crippen LogP contribution in [0.4, 0.5) is 0 Å².